The summed E-state index contributed by atoms with van der Waals surface area (Å²) < 4.78 is 11.4. The highest BCUT2D eigenvalue weighted by molar-refractivity contribution is 5.82. The van der Waals surface area contributed by atoms with Gasteiger partial charge in [0.2, 0.25) is 0 Å². The van der Waals surface area contributed by atoms with Crippen LogP contribution in [-0.2, 0) is 0 Å². The first-order valence-electron chi connectivity index (χ1n) is 6.88. The minimum Gasteiger partial charge on any atom is -0.489 e. The molecule has 3 aromatic rings. The Labute approximate surface area is 121 Å². The lowest BCUT2D eigenvalue weighted by molar-refractivity contribution is 0.297. The Balaban J connectivity index is 1.81. The largest absolute Gasteiger partial charge is 0.489 e. The number of imidazole rings is 1. The Morgan fingerprint density at radius 2 is 1.86 bits per heavy atom. The van der Waals surface area contributed by atoms with E-state index in [1.807, 2.05) is 19.1 Å². The molecule has 1 aliphatic heterocycles. The van der Waals surface area contributed by atoms with Gasteiger partial charge in [-0.3, -0.25) is 4.98 Å². The number of H-pyrrole nitrogens is 1. The van der Waals surface area contributed by atoms with Crippen LogP contribution in [0.1, 0.15) is 12.1 Å². The summed E-state index contributed by atoms with van der Waals surface area (Å²) in [6.07, 6.45) is 4.33. The predicted octanol–water partition coefficient (Wildman–Crippen LogP) is 2.49. The van der Waals surface area contributed by atoms with E-state index in [1.54, 1.807) is 12.4 Å². The first-order chi connectivity index (χ1) is 10.3. The first-order valence-corrected chi connectivity index (χ1v) is 6.88. The van der Waals surface area contributed by atoms with Gasteiger partial charge in [-0.05, 0) is 6.92 Å². The molecular formula is C15H14N4O2. The third-order valence-corrected chi connectivity index (χ3v) is 3.37. The van der Waals surface area contributed by atoms with Crippen molar-refractivity contribution in [3.8, 4) is 23.0 Å². The summed E-state index contributed by atoms with van der Waals surface area (Å²) in [7, 11) is 0. The van der Waals surface area contributed by atoms with E-state index in [0.29, 0.717) is 24.7 Å². The highest BCUT2D eigenvalue weighted by Gasteiger charge is 2.14. The molecular weight excluding hydrogens is 268 g/mol. The number of ether oxygens (including phenoxy) is 2. The van der Waals surface area contributed by atoms with Crippen molar-refractivity contribution in [1.29, 1.82) is 0 Å². The number of hydrogen-bond donors (Lipinski definition) is 1. The minimum absolute atomic E-state index is 0.666. The molecule has 0 spiro atoms. The number of rotatable bonds is 1. The van der Waals surface area contributed by atoms with Crippen molar-refractivity contribution >= 4 is 11.0 Å². The zero-order valence-corrected chi connectivity index (χ0v) is 11.6. The Morgan fingerprint density at radius 1 is 1.05 bits per heavy atom. The molecule has 0 saturated heterocycles. The quantitative estimate of drug-likeness (QED) is 0.742. The standard InChI is InChI=1S/C15H14N4O2/c1-9-7-17-12(8-16-9)15-18-10-5-13-14(6-11(10)19-15)21-4-2-3-20-13/h5-8H,2-4H2,1H3,(H,18,19). The summed E-state index contributed by atoms with van der Waals surface area (Å²) in [6, 6.07) is 3.83. The smallest absolute Gasteiger partial charge is 0.163 e. The minimum atomic E-state index is 0.666. The number of hydrogen-bond acceptors (Lipinski definition) is 5. The van der Waals surface area contributed by atoms with Crippen LogP contribution in [0.25, 0.3) is 22.6 Å². The van der Waals surface area contributed by atoms with Gasteiger partial charge in [-0.1, -0.05) is 0 Å². The summed E-state index contributed by atoms with van der Waals surface area (Å²) in [5.41, 5.74) is 3.32. The maximum atomic E-state index is 5.69. The fraction of sp³-hybridized carbons (Fsp3) is 0.267. The van der Waals surface area contributed by atoms with Crippen LogP contribution in [0.2, 0.25) is 0 Å². The maximum absolute atomic E-state index is 5.69. The fourth-order valence-electron chi connectivity index (χ4n) is 2.30. The van der Waals surface area contributed by atoms with E-state index in [-0.39, 0.29) is 0 Å². The van der Waals surface area contributed by atoms with Crippen LogP contribution in [0.4, 0.5) is 0 Å². The van der Waals surface area contributed by atoms with Crippen molar-refractivity contribution in [2.45, 2.75) is 13.3 Å². The predicted molar refractivity (Wildman–Crippen MR) is 77.5 cm³/mol. The molecule has 6 nitrogen and oxygen atoms in total. The molecule has 0 fully saturated rings. The molecule has 6 heteroatoms. The highest BCUT2D eigenvalue weighted by atomic mass is 16.5. The van der Waals surface area contributed by atoms with Gasteiger partial charge in [0.1, 0.15) is 5.69 Å². The fourth-order valence-corrected chi connectivity index (χ4v) is 2.30. The lowest BCUT2D eigenvalue weighted by Crippen LogP contribution is -1.97. The SMILES string of the molecule is Cc1cnc(-c2nc3cc4c(cc3[nH]2)OCCCO4)cn1. The zero-order chi connectivity index (χ0) is 14.2. The van der Waals surface area contributed by atoms with Gasteiger partial charge in [-0.2, -0.15) is 0 Å². The van der Waals surface area contributed by atoms with E-state index in [4.69, 9.17) is 9.47 Å². The van der Waals surface area contributed by atoms with Gasteiger partial charge in [-0.15, -0.1) is 0 Å². The lowest BCUT2D eigenvalue weighted by atomic mass is 10.3. The van der Waals surface area contributed by atoms with E-state index in [9.17, 15) is 0 Å². The molecule has 0 saturated carbocycles. The van der Waals surface area contributed by atoms with Gasteiger partial charge in [0.25, 0.3) is 0 Å². The van der Waals surface area contributed by atoms with Gasteiger partial charge in [0, 0.05) is 24.8 Å². The van der Waals surface area contributed by atoms with E-state index in [1.165, 1.54) is 0 Å². The summed E-state index contributed by atoms with van der Waals surface area (Å²) in [5.74, 6) is 2.19. The van der Waals surface area contributed by atoms with Crippen LogP contribution in [0.15, 0.2) is 24.5 Å². The van der Waals surface area contributed by atoms with Gasteiger partial charge < -0.3 is 14.5 Å². The third-order valence-electron chi connectivity index (χ3n) is 3.37. The maximum Gasteiger partial charge on any atom is 0.163 e. The number of aromatic nitrogens is 4. The molecule has 0 unspecified atom stereocenters. The van der Waals surface area contributed by atoms with Gasteiger partial charge in [0.05, 0.1) is 36.1 Å². The Morgan fingerprint density at radius 3 is 2.62 bits per heavy atom. The van der Waals surface area contributed by atoms with Gasteiger partial charge in [-0.25, -0.2) is 9.97 Å². The van der Waals surface area contributed by atoms with Crippen LogP contribution < -0.4 is 9.47 Å². The molecule has 4 rings (SSSR count). The van der Waals surface area contributed by atoms with Crippen molar-refractivity contribution in [1.82, 2.24) is 19.9 Å². The Kier molecular flexibility index (Phi) is 2.73. The number of fused-ring (bicyclic) bond motifs is 2. The molecule has 3 heterocycles. The monoisotopic (exact) mass is 282 g/mol. The zero-order valence-electron chi connectivity index (χ0n) is 11.6. The van der Waals surface area contributed by atoms with E-state index in [0.717, 1.165) is 34.6 Å². The second-order valence-corrected chi connectivity index (χ2v) is 4.99. The summed E-state index contributed by atoms with van der Waals surface area (Å²) in [4.78, 5) is 16.4. The second kappa shape index (κ2) is 4.73. The number of benzene rings is 1. The number of aromatic amines is 1. The molecule has 1 N–H and O–H groups in total. The van der Waals surface area contributed by atoms with E-state index < -0.39 is 0 Å². The average molecular weight is 282 g/mol. The topological polar surface area (TPSA) is 72.9 Å². The van der Waals surface area contributed by atoms with Crippen LogP contribution in [-0.4, -0.2) is 33.1 Å². The number of nitrogens with zero attached hydrogens (tertiary/aromatic N) is 3. The van der Waals surface area contributed by atoms with Crippen molar-refractivity contribution in [2.75, 3.05) is 13.2 Å². The van der Waals surface area contributed by atoms with Crippen LogP contribution in [0.5, 0.6) is 11.5 Å². The van der Waals surface area contributed by atoms with Crippen molar-refractivity contribution < 1.29 is 9.47 Å². The van der Waals surface area contributed by atoms with E-state index >= 15 is 0 Å². The average Bonchev–Trinajstić information content (AvgIpc) is 2.76. The van der Waals surface area contributed by atoms with Crippen molar-refractivity contribution in [3.05, 3.63) is 30.2 Å². The van der Waals surface area contributed by atoms with Crippen molar-refractivity contribution in [3.63, 3.8) is 0 Å². The molecule has 0 atom stereocenters. The molecule has 0 amide bonds. The Hall–Kier alpha value is -2.63. The summed E-state index contributed by atoms with van der Waals surface area (Å²) >= 11 is 0. The van der Waals surface area contributed by atoms with Gasteiger partial charge in [0.15, 0.2) is 17.3 Å². The first kappa shape index (κ1) is 12.1. The van der Waals surface area contributed by atoms with Gasteiger partial charge >= 0.3 is 0 Å². The molecule has 106 valence electrons. The summed E-state index contributed by atoms with van der Waals surface area (Å²) in [5, 5.41) is 0. The molecule has 21 heavy (non-hydrogen) atoms. The van der Waals surface area contributed by atoms with Crippen LogP contribution >= 0.6 is 0 Å². The van der Waals surface area contributed by atoms with Crippen LogP contribution in [0, 0.1) is 6.92 Å². The van der Waals surface area contributed by atoms with Crippen LogP contribution in [0.3, 0.4) is 0 Å². The molecule has 0 radical (unpaired) electrons. The number of nitrogens with one attached hydrogen (secondary N) is 1. The van der Waals surface area contributed by atoms with E-state index in [2.05, 4.69) is 19.9 Å². The lowest BCUT2D eigenvalue weighted by Gasteiger charge is -2.05. The van der Waals surface area contributed by atoms with Crippen molar-refractivity contribution in [2.24, 2.45) is 0 Å². The molecule has 0 bridgehead atoms. The molecule has 1 aromatic carbocycles. The normalized spacial score (nSPS) is 14.1. The molecule has 1 aliphatic rings. The summed E-state index contributed by atoms with van der Waals surface area (Å²) in [6.45, 7) is 3.24. The third kappa shape index (κ3) is 2.18. The Bertz CT molecular complexity index is 752. The second-order valence-electron chi connectivity index (χ2n) is 4.99. The molecule has 2 aromatic heterocycles. The highest BCUT2D eigenvalue weighted by Crippen LogP contribution is 2.34. The molecule has 0 aliphatic carbocycles. The number of aryl methyl sites for hydroxylation is 1.